The number of carbonyl (C=O) groups is 1. The number of nitro benzene ring substituents is 1. The lowest BCUT2D eigenvalue weighted by Crippen LogP contribution is -2.50. The van der Waals surface area contributed by atoms with Gasteiger partial charge in [0.15, 0.2) is 5.69 Å². The van der Waals surface area contributed by atoms with E-state index in [0.29, 0.717) is 5.69 Å². The summed E-state index contributed by atoms with van der Waals surface area (Å²) in [6.07, 6.45) is 3.54. The lowest BCUT2D eigenvalue weighted by atomic mass is 9.97. The van der Waals surface area contributed by atoms with Crippen LogP contribution in [0.1, 0.15) is 30.3 Å². The van der Waals surface area contributed by atoms with E-state index in [4.69, 9.17) is 0 Å². The fourth-order valence-electron chi connectivity index (χ4n) is 2.65. The molecule has 8 nitrogen and oxygen atoms in total. The minimum Gasteiger partial charge on any atom is -0.394 e. The first-order valence-corrected chi connectivity index (χ1v) is 7.67. The summed E-state index contributed by atoms with van der Waals surface area (Å²) >= 11 is 0. The van der Waals surface area contributed by atoms with Crippen molar-refractivity contribution in [2.75, 3.05) is 6.61 Å². The summed E-state index contributed by atoms with van der Waals surface area (Å²) in [5, 5.41) is 27.4. The summed E-state index contributed by atoms with van der Waals surface area (Å²) in [7, 11) is 0. The molecule has 0 bridgehead atoms. The van der Waals surface area contributed by atoms with Gasteiger partial charge in [0.2, 0.25) is 0 Å². The molecule has 8 heteroatoms. The van der Waals surface area contributed by atoms with Crippen molar-refractivity contribution in [1.82, 2.24) is 15.1 Å². The van der Waals surface area contributed by atoms with E-state index >= 15 is 0 Å². The number of nitrogens with zero attached hydrogens (tertiary/aromatic N) is 3. The van der Waals surface area contributed by atoms with Crippen LogP contribution in [0.5, 0.6) is 0 Å². The maximum atomic E-state index is 12.4. The largest absolute Gasteiger partial charge is 0.394 e. The highest BCUT2D eigenvalue weighted by atomic mass is 16.6. The number of carbonyl (C=O) groups excluding carboxylic acids is 1. The first-order chi connectivity index (χ1) is 11.4. The summed E-state index contributed by atoms with van der Waals surface area (Å²) < 4.78 is 1.41. The van der Waals surface area contributed by atoms with Crippen LogP contribution in [0.3, 0.4) is 0 Å². The van der Waals surface area contributed by atoms with Gasteiger partial charge in [-0.1, -0.05) is 6.07 Å². The van der Waals surface area contributed by atoms with E-state index in [0.717, 1.165) is 12.8 Å². The van der Waals surface area contributed by atoms with Gasteiger partial charge in [-0.3, -0.25) is 14.9 Å². The minimum absolute atomic E-state index is 0.0457. The van der Waals surface area contributed by atoms with E-state index < -0.39 is 10.5 Å². The topological polar surface area (TPSA) is 110 Å². The van der Waals surface area contributed by atoms with Gasteiger partial charge in [0.1, 0.15) is 0 Å². The first-order valence-electron chi connectivity index (χ1n) is 7.67. The Labute approximate surface area is 138 Å². The normalized spacial score (nSPS) is 16.4. The van der Waals surface area contributed by atoms with Crippen LogP contribution in [0, 0.1) is 16.0 Å². The van der Waals surface area contributed by atoms with Crippen LogP contribution in [-0.4, -0.2) is 37.9 Å². The lowest BCUT2D eigenvalue weighted by molar-refractivity contribution is -0.384. The zero-order valence-electron chi connectivity index (χ0n) is 13.2. The van der Waals surface area contributed by atoms with Gasteiger partial charge in [0.25, 0.3) is 11.6 Å². The molecule has 1 atom stereocenters. The molecule has 24 heavy (non-hydrogen) atoms. The number of aliphatic hydroxyl groups is 1. The van der Waals surface area contributed by atoms with Crippen molar-refractivity contribution in [2.45, 2.75) is 25.3 Å². The van der Waals surface area contributed by atoms with Crippen LogP contribution in [0.15, 0.2) is 36.5 Å². The van der Waals surface area contributed by atoms with Crippen LogP contribution < -0.4 is 5.32 Å². The molecular weight excluding hydrogens is 312 g/mol. The molecule has 2 N–H and O–H groups in total. The van der Waals surface area contributed by atoms with E-state index in [1.54, 1.807) is 24.4 Å². The molecule has 1 unspecified atom stereocenters. The second-order valence-electron chi connectivity index (χ2n) is 6.23. The second kappa shape index (κ2) is 6.04. The number of non-ortho nitro benzene ring substituents is 1. The Morgan fingerprint density at radius 3 is 2.88 bits per heavy atom. The van der Waals surface area contributed by atoms with Crippen LogP contribution in [0.2, 0.25) is 0 Å². The number of benzene rings is 1. The summed E-state index contributed by atoms with van der Waals surface area (Å²) in [6, 6.07) is 7.55. The van der Waals surface area contributed by atoms with Crippen LogP contribution in [-0.2, 0) is 0 Å². The number of hydrogen-bond acceptors (Lipinski definition) is 5. The van der Waals surface area contributed by atoms with Crippen molar-refractivity contribution < 1.29 is 14.8 Å². The highest BCUT2D eigenvalue weighted by Crippen LogP contribution is 2.39. The number of aliphatic hydroxyl groups excluding tert-OH is 1. The van der Waals surface area contributed by atoms with E-state index in [1.165, 1.54) is 16.8 Å². The number of nitro groups is 1. The molecule has 1 saturated carbocycles. The number of nitrogens with one attached hydrogen (secondary N) is 1. The molecular formula is C16H18N4O4. The maximum Gasteiger partial charge on any atom is 0.272 e. The van der Waals surface area contributed by atoms with Crippen LogP contribution >= 0.6 is 0 Å². The lowest BCUT2D eigenvalue weighted by Gasteiger charge is -2.28. The van der Waals surface area contributed by atoms with Gasteiger partial charge in [-0.05, 0) is 37.8 Å². The summed E-state index contributed by atoms with van der Waals surface area (Å²) in [6.45, 7) is 1.69. The van der Waals surface area contributed by atoms with Crippen molar-refractivity contribution in [3.63, 3.8) is 0 Å². The Bertz CT molecular complexity index is 784. The maximum absolute atomic E-state index is 12.4. The van der Waals surface area contributed by atoms with Crippen LogP contribution in [0.4, 0.5) is 5.69 Å². The van der Waals surface area contributed by atoms with Gasteiger partial charge in [-0.2, -0.15) is 5.10 Å². The Balaban J connectivity index is 1.79. The molecule has 1 amide bonds. The third-order valence-corrected chi connectivity index (χ3v) is 4.33. The molecule has 1 aromatic carbocycles. The third-order valence-electron chi connectivity index (χ3n) is 4.33. The number of aromatic nitrogens is 2. The number of rotatable bonds is 6. The van der Waals surface area contributed by atoms with E-state index in [9.17, 15) is 20.0 Å². The van der Waals surface area contributed by atoms with Crippen molar-refractivity contribution in [2.24, 2.45) is 5.92 Å². The fraction of sp³-hybridized carbons (Fsp3) is 0.375. The molecule has 0 radical (unpaired) electrons. The molecule has 1 aliphatic carbocycles. The quantitative estimate of drug-likeness (QED) is 0.618. The highest BCUT2D eigenvalue weighted by Gasteiger charge is 2.42. The van der Waals surface area contributed by atoms with Gasteiger partial charge in [-0.25, -0.2) is 4.68 Å². The van der Waals surface area contributed by atoms with Crippen molar-refractivity contribution in [3.05, 3.63) is 52.3 Å². The monoisotopic (exact) mass is 330 g/mol. The van der Waals surface area contributed by atoms with Gasteiger partial charge >= 0.3 is 0 Å². The molecule has 3 rings (SSSR count). The molecule has 0 spiro atoms. The average molecular weight is 330 g/mol. The van der Waals surface area contributed by atoms with E-state index in [1.807, 2.05) is 6.92 Å². The molecule has 2 aromatic rings. The second-order valence-corrected chi connectivity index (χ2v) is 6.23. The first kappa shape index (κ1) is 16.1. The summed E-state index contributed by atoms with van der Waals surface area (Å²) in [5.41, 5.74) is -0.000335. The number of amides is 1. The summed E-state index contributed by atoms with van der Waals surface area (Å²) in [5.74, 6) is -0.0899. The van der Waals surface area contributed by atoms with Gasteiger partial charge in [-0.15, -0.1) is 0 Å². The standard InChI is InChI=1S/C16H18N4O4/c1-16(10-21,11-5-6-11)17-15(22)14-7-8-19(18-14)12-3-2-4-13(9-12)20(23)24/h2-4,7-9,11,21H,5-6,10H2,1H3,(H,17,22). The zero-order chi connectivity index (χ0) is 17.3. The van der Waals surface area contributed by atoms with Gasteiger partial charge in [0, 0.05) is 18.3 Å². The SMILES string of the molecule is CC(CO)(NC(=O)c1ccn(-c2cccc([N+](=O)[O-])c2)n1)C1CC1. The fourth-order valence-corrected chi connectivity index (χ4v) is 2.65. The predicted molar refractivity (Wildman–Crippen MR) is 85.9 cm³/mol. The van der Waals surface area contributed by atoms with Crippen LogP contribution in [0.25, 0.3) is 5.69 Å². The molecule has 1 fully saturated rings. The third kappa shape index (κ3) is 3.13. The zero-order valence-corrected chi connectivity index (χ0v) is 13.2. The van der Waals surface area contributed by atoms with Crippen molar-refractivity contribution >= 4 is 11.6 Å². The van der Waals surface area contributed by atoms with Gasteiger partial charge in [0.05, 0.1) is 22.8 Å². The average Bonchev–Trinajstić information content (AvgIpc) is 3.32. The molecule has 0 saturated heterocycles. The Kier molecular flexibility index (Phi) is 4.06. The number of hydrogen-bond donors (Lipinski definition) is 2. The molecule has 0 aliphatic heterocycles. The smallest absolute Gasteiger partial charge is 0.272 e. The van der Waals surface area contributed by atoms with Gasteiger partial charge < -0.3 is 10.4 Å². The predicted octanol–water partition coefficient (Wildman–Crippen LogP) is 1.67. The molecule has 1 heterocycles. The molecule has 1 aliphatic rings. The Morgan fingerprint density at radius 1 is 1.50 bits per heavy atom. The summed E-state index contributed by atoms with van der Waals surface area (Å²) in [4.78, 5) is 22.7. The van der Waals surface area contributed by atoms with Crippen molar-refractivity contribution in [3.8, 4) is 5.69 Å². The Morgan fingerprint density at radius 2 is 2.25 bits per heavy atom. The van der Waals surface area contributed by atoms with E-state index in [-0.39, 0.29) is 29.8 Å². The minimum atomic E-state index is -0.646. The van der Waals surface area contributed by atoms with E-state index in [2.05, 4.69) is 10.4 Å². The molecule has 126 valence electrons. The molecule has 1 aromatic heterocycles. The highest BCUT2D eigenvalue weighted by molar-refractivity contribution is 5.92. The Hall–Kier alpha value is -2.74. The van der Waals surface area contributed by atoms with Crippen molar-refractivity contribution in [1.29, 1.82) is 0 Å².